The summed E-state index contributed by atoms with van der Waals surface area (Å²) in [5.74, 6) is 0. The lowest BCUT2D eigenvalue weighted by Crippen LogP contribution is -2.26. The highest BCUT2D eigenvalue weighted by Gasteiger charge is 1.96. The molecule has 0 unspecified atom stereocenters. The fraction of sp³-hybridized carbons (Fsp3) is 0.500. The Hall–Kier alpha value is -1.06. The minimum atomic E-state index is -0.613. The molecule has 1 N–H and O–H groups in total. The first-order valence-corrected chi connectivity index (χ1v) is 2.88. The van der Waals surface area contributed by atoms with Gasteiger partial charge in [-0.1, -0.05) is 12.7 Å². The van der Waals surface area contributed by atoms with Gasteiger partial charge in [0.05, 0.1) is 0 Å². The van der Waals surface area contributed by atoms with Crippen LogP contribution in [0, 0.1) is 0 Å². The summed E-state index contributed by atoms with van der Waals surface area (Å²) in [6, 6.07) is 0. The largest absolute Gasteiger partial charge is 0.445 e. The van der Waals surface area contributed by atoms with Crippen LogP contribution in [0.15, 0.2) is 12.7 Å². The van der Waals surface area contributed by atoms with E-state index in [4.69, 9.17) is 0 Å². The standard InChI is InChI=1S/C6H10FNO2/c1-2-5-10-6(9)8-4-3-7/h2H,1,3-5H2,(H,8,9). The lowest BCUT2D eigenvalue weighted by Gasteiger charge is -2.00. The van der Waals surface area contributed by atoms with Gasteiger partial charge in [0.25, 0.3) is 0 Å². The summed E-state index contributed by atoms with van der Waals surface area (Å²) in [4.78, 5) is 10.4. The quantitative estimate of drug-likeness (QED) is 0.599. The van der Waals surface area contributed by atoms with E-state index in [1.807, 2.05) is 0 Å². The third kappa shape index (κ3) is 5.08. The molecule has 0 saturated carbocycles. The summed E-state index contributed by atoms with van der Waals surface area (Å²) in [7, 11) is 0. The molecule has 0 aliphatic heterocycles. The third-order valence-electron chi connectivity index (χ3n) is 0.696. The highest BCUT2D eigenvalue weighted by atomic mass is 19.1. The van der Waals surface area contributed by atoms with E-state index < -0.39 is 12.8 Å². The molecule has 0 fully saturated rings. The molecule has 0 rings (SSSR count). The Morgan fingerprint density at radius 2 is 2.50 bits per heavy atom. The summed E-state index contributed by atoms with van der Waals surface area (Å²) in [6.07, 6.45) is 0.826. The number of hydrogen-bond acceptors (Lipinski definition) is 2. The summed E-state index contributed by atoms with van der Waals surface area (Å²) < 4.78 is 15.8. The lowest BCUT2D eigenvalue weighted by molar-refractivity contribution is 0.157. The van der Waals surface area contributed by atoms with Crippen molar-refractivity contribution in [2.24, 2.45) is 0 Å². The molecular formula is C6H10FNO2. The SMILES string of the molecule is C=CCOC(=O)NCCF. The molecule has 3 nitrogen and oxygen atoms in total. The number of rotatable bonds is 4. The van der Waals surface area contributed by atoms with Crippen molar-refractivity contribution in [3.8, 4) is 0 Å². The van der Waals surface area contributed by atoms with Crippen LogP contribution in [-0.4, -0.2) is 25.9 Å². The second-order valence-corrected chi connectivity index (χ2v) is 1.50. The Morgan fingerprint density at radius 1 is 1.80 bits per heavy atom. The van der Waals surface area contributed by atoms with Crippen LogP contribution in [0.2, 0.25) is 0 Å². The Kier molecular flexibility index (Phi) is 5.42. The van der Waals surface area contributed by atoms with Gasteiger partial charge < -0.3 is 10.1 Å². The lowest BCUT2D eigenvalue weighted by atomic mass is 10.7. The van der Waals surface area contributed by atoms with E-state index in [1.54, 1.807) is 0 Å². The molecule has 0 heterocycles. The fourth-order valence-corrected chi connectivity index (χ4v) is 0.335. The van der Waals surface area contributed by atoms with Crippen LogP contribution in [0.25, 0.3) is 0 Å². The van der Waals surface area contributed by atoms with E-state index >= 15 is 0 Å². The van der Waals surface area contributed by atoms with Gasteiger partial charge in [0, 0.05) is 6.54 Å². The van der Waals surface area contributed by atoms with E-state index in [1.165, 1.54) is 6.08 Å². The molecule has 0 aliphatic rings. The molecule has 0 aromatic heterocycles. The van der Waals surface area contributed by atoms with E-state index in [2.05, 4.69) is 16.6 Å². The first-order chi connectivity index (χ1) is 4.81. The van der Waals surface area contributed by atoms with Gasteiger partial charge in [-0.15, -0.1) is 0 Å². The number of carbonyl (C=O) groups excluding carboxylic acids is 1. The summed E-state index contributed by atoms with van der Waals surface area (Å²) >= 11 is 0. The van der Waals surface area contributed by atoms with Gasteiger partial charge >= 0.3 is 6.09 Å². The Labute approximate surface area is 58.9 Å². The minimum absolute atomic E-state index is 0.00399. The van der Waals surface area contributed by atoms with E-state index in [0.29, 0.717) is 0 Å². The van der Waals surface area contributed by atoms with Crippen LogP contribution in [0.4, 0.5) is 9.18 Å². The van der Waals surface area contributed by atoms with Crippen molar-refractivity contribution in [2.45, 2.75) is 0 Å². The zero-order valence-corrected chi connectivity index (χ0v) is 5.60. The molecular weight excluding hydrogens is 137 g/mol. The van der Waals surface area contributed by atoms with Crippen molar-refractivity contribution in [3.05, 3.63) is 12.7 Å². The van der Waals surface area contributed by atoms with Gasteiger partial charge in [-0.25, -0.2) is 9.18 Å². The molecule has 0 aliphatic carbocycles. The van der Waals surface area contributed by atoms with Gasteiger partial charge in [-0.2, -0.15) is 0 Å². The Morgan fingerprint density at radius 3 is 3.00 bits per heavy atom. The topological polar surface area (TPSA) is 38.3 Å². The summed E-state index contributed by atoms with van der Waals surface area (Å²) in [6.45, 7) is 2.90. The first-order valence-electron chi connectivity index (χ1n) is 2.88. The number of halogens is 1. The van der Waals surface area contributed by atoms with Crippen LogP contribution >= 0.6 is 0 Å². The van der Waals surface area contributed by atoms with Crippen LogP contribution in [0.5, 0.6) is 0 Å². The van der Waals surface area contributed by atoms with Crippen LogP contribution in [0.3, 0.4) is 0 Å². The van der Waals surface area contributed by atoms with Gasteiger partial charge in [0.2, 0.25) is 0 Å². The molecule has 4 heteroatoms. The zero-order valence-electron chi connectivity index (χ0n) is 5.60. The maximum atomic E-state index is 11.4. The first kappa shape index (κ1) is 8.94. The maximum absolute atomic E-state index is 11.4. The van der Waals surface area contributed by atoms with Crippen LogP contribution in [-0.2, 0) is 4.74 Å². The molecule has 0 aromatic carbocycles. The average molecular weight is 147 g/mol. The highest BCUT2D eigenvalue weighted by molar-refractivity contribution is 5.67. The third-order valence-corrected chi connectivity index (χ3v) is 0.696. The number of nitrogens with one attached hydrogen (secondary N) is 1. The van der Waals surface area contributed by atoms with E-state index in [-0.39, 0.29) is 13.2 Å². The number of alkyl carbamates (subject to hydrolysis) is 1. The van der Waals surface area contributed by atoms with Crippen LogP contribution < -0.4 is 5.32 Å². The summed E-state index contributed by atoms with van der Waals surface area (Å²) in [5.41, 5.74) is 0. The number of amides is 1. The predicted octanol–water partition coefficient (Wildman–Crippen LogP) is 0.868. The van der Waals surface area contributed by atoms with Crippen molar-refractivity contribution in [3.63, 3.8) is 0 Å². The molecule has 58 valence electrons. The molecule has 0 aromatic rings. The second kappa shape index (κ2) is 6.07. The van der Waals surface area contributed by atoms with Crippen LogP contribution in [0.1, 0.15) is 0 Å². The van der Waals surface area contributed by atoms with Crippen molar-refractivity contribution >= 4 is 6.09 Å². The van der Waals surface area contributed by atoms with Crippen molar-refractivity contribution in [1.29, 1.82) is 0 Å². The molecule has 0 saturated heterocycles. The van der Waals surface area contributed by atoms with Crippen molar-refractivity contribution in [1.82, 2.24) is 5.32 Å². The maximum Gasteiger partial charge on any atom is 0.407 e. The zero-order chi connectivity index (χ0) is 7.82. The fourth-order valence-electron chi connectivity index (χ4n) is 0.335. The van der Waals surface area contributed by atoms with Gasteiger partial charge in [-0.05, 0) is 0 Å². The smallest absolute Gasteiger partial charge is 0.407 e. The molecule has 0 spiro atoms. The van der Waals surface area contributed by atoms with E-state index in [9.17, 15) is 9.18 Å². The van der Waals surface area contributed by atoms with Crippen molar-refractivity contribution < 1.29 is 13.9 Å². The van der Waals surface area contributed by atoms with Gasteiger partial charge in [0.1, 0.15) is 13.3 Å². The summed E-state index contributed by atoms with van der Waals surface area (Å²) in [5, 5.41) is 2.18. The van der Waals surface area contributed by atoms with Crippen molar-refractivity contribution in [2.75, 3.05) is 19.8 Å². The molecule has 0 atom stereocenters. The number of ether oxygens (including phenoxy) is 1. The minimum Gasteiger partial charge on any atom is -0.445 e. The van der Waals surface area contributed by atoms with Gasteiger partial charge in [0.15, 0.2) is 0 Å². The second-order valence-electron chi connectivity index (χ2n) is 1.50. The number of hydrogen-bond donors (Lipinski definition) is 1. The molecule has 0 radical (unpaired) electrons. The predicted molar refractivity (Wildman–Crippen MR) is 35.5 cm³/mol. The highest BCUT2D eigenvalue weighted by Crippen LogP contribution is 1.76. The van der Waals surface area contributed by atoms with Gasteiger partial charge in [-0.3, -0.25) is 0 Å². The molecule has 1 amide bonds. The van der Waals surface area contributed by atoms with E-state index in [0.717, 1.165) is 0 Å². The number of alkyl halides is 1. The molecule has 10 heavy (non-hydrogen) atoms. The Bertz CT molecular complexity index is 116. The molecule has 0 bridgehead atoms. The number of carbonyl (C=O) groups is 1. The Balaban J connectivity index is 3.16. The monoisotopic (exact) mass is 147 g/mol. The normalized spacial score (nSPS) is 8.50. The average Bonchev–Trinajstić information content (AvgIpc) is 1.97.